The second-order valence-electron chi connectivity index (χ2n) is 17.8. The normalized spacial score (nSPS) is 20.0. The number of fused-ring (bicyclic) bond motifs is 2. The lowest BCUT2D eigenvalue weighted by molar-refractivity contribution is -0.145. The third-order valence-corrected chi connectivity index (χ3v) is 18.0. The van der Waals surface area contributed by atoms with Crippen molar-refractivity contribution >= 4 is 70.9 Å². The fraction of sp³-hybridized carbons (Fsp3) is 0.444. The zero-order valence-corrected chi connectivity index (χ0v) is 43.7. The molecule has 2 aliphatic carbocycles. The number of aliphatic hydroxyl groups is 2. The lowest BCUT2D eigenvalue weighted by Crippen LogP contribution is -2.30. The first kappa shape index (κ1) is 55.6. The quantitative estimate of drug-likeness (QED) is 0.0314. The number of rotatable bonds is 22. The number of aliphatic hydroxyl groups excluding tert-OH is 2. The van der Waals surface area contributed by atoms with Crippen LogP contribution in [0.3, 0.4) is 0 Å². The Hall–Kier alpha value is -6.10. The van der Waals surface area contributed by atoms with Gasteiger partial charge in [0.2, 0.25) is 0 Å². The monoisotopic (exact) mass is 1080 g/mol. The van der Waals surface area contributed by atoms with Crippen molar-refractivity contribution in [1.82, 2.24) is 0 Å². The van der Waals surface area contributed by atoms with Gasteiger partial charge in [-0.2, -0.15) is 0 Å². The molecule has 386 valence electrons. The third kappa shape index (κ3) is 14.6. The molecule has 2 N–H and O–H groups in total. The van der Waals surface area contributed by atoms with Crippen molar-refractivity contribution in [3.63, 3.8) is 0 Å². The number of hydrogen-bond acceptors (Lipinski definition) is 18. The van der Waals surface area contributed by atoms with Crippen LogP contribution < -0.4 is 28.4 Å². The number of esters is 4. The Morgan fingerprint density at radius 2 is 0.770 bits per heavy atom. The van der Waals surface area contributed by atoms with E-state index in [0.717, 1.165) is 51.4 Å². The molecule has 0 spiro atoms. The van der Waals surface area contributed by atoms with E-state index in [-0.39, 0.29) is 36.1 Å². The summed E-state index contributed by atoms with van der Waals surface area (Å²) in [5.41, 5.74) is -0.113. The molecular formula is C54H54N4O12S4. The molecule has 3 aromatic carbocycles. The van der Waals surface area contributed by atoms with Gasteiger partial charge in [-0.05, 0) is 138 Å². The Bertz CT molecular complexity index is 2570. The highest BCUT2D eigenvalue weighted by Crippen LogP contribution is 2.60. The van der Waals surface area contributed by atoms with Gasteiger partial charge in [0.15, 0.2) is 0 Å². The number of hydrogen-bond donors (Lipinski definition) is 2. The molecule has 0 saturated heterocycles. The van der Waals surface area contributed by atoms with Gasteiger partial charge in [-0.15, -0.1) is 0 Å². The van der Waals surface area contributed by atoms with Gasteiger partial charge < -0.3 is 38.6 Å². The molecule has 2 fully saturated rings. The summed E-state index contributed by atoms with van der Waals surface area (Å²) in [4.78, 5) is 62.7. The molecule has 7 rings (SSSR count). The van der Waals surface area contributed by atoms with Crippen LogP contribution in [0.2, 0.25) is 0 Å². The van der Waals surface area contributed by atoms with Crippen LogP contribution in [-0.2, 0) is 19.2 Å². The average Bonchev–Trinajstić information content (AvgIpc) is 4.08. The summed E-state index contributed by atoms with van der Waals surface area (Å²) in [5.74, 6) is -1.19. The van der Waals surface area contributed by atoms with E-state index in [1.54, 1.807) is 48.5 Å². The molecule has 3 aromatic rings. The Labute approximate surface area is 447 Å². The van der Waals surface area contributed by atoms with Gasteiger partial charge in [0, 0.05) is 13.2 Å². The maximum Gasteiger partial charge on any atom is 0.314 e. The van der Waals surface area contributed by atoms with E-state index >= 15 is 0 Å². The Kier molecular flexibility index (Phi) is 21.0. The number of nitriles is 2. The zero-order valence-electron chi connectivity index (χ0n) is 40.5. The second-order valence-corrected chi connectivity index (χ2v) is 22.4. The largest absolute Gasteiger partial charge is 0.492 e. The minimum absolute atomic E-state index is 0.0564. The van der Waals surface area contributed by atoms with Crippen LogP contribution in [0.1, 0.15) is 103 Å². The first-order chi connectivity index (χ1) is 36.1. The zero-order chi connectivity index (χ0) is 52.4. The minimum Gasteiger partial charge on any atom is -0.492 e. The van der Waals surface area contributed by atoms with Gasteiger partial charge in [0.05, 0.1) is 90.2 Å². The standard InChI is InChI=1S/C54H54N4O12S4/c1-57-39(31-55)53-71-45-41(65-29-9-5-3-7-27-59)23-25-43(47(45)73-53)69-51(63)35-15-11-33(12-16-35)49(61)67-37-19-21-38(22-20-37)68-50(62)34-13-17-36(18-14-34)52(64)70-44-26-24-42(66-30-10-6-4-8-28-60)46-48(44)74-54(72-46)40(32-56)58-2/h19-26,33-36,59-60H,3-18,27-30H2/b53-39-,54-40+. The van der Waals surface area contributed by atoms with Crippen molar-refractivity contribution in [2.75, 3.05) is 26.4 Å². The maximum atomic E-state index is 13.5. The molecule has 0 bridgehead atoms. The van der Waals surface area contributed by atoms with E-state index in [9.17, 15) is 29.7 Å². The predicted octanol–water partition coefficient (Wildman–Crippen LogP) is 11.8. The van der Waals surface area contributed by atoms with Crippen LogP contribution in [0, 0.1) is 59.5 Å². The van der Waals surface area contributed by atoms with Gasteiger partial charge in [-0.1, -0.05) is 59.9 Å². The van der Waals surface area contributed by atoms with Crippen molar-refractivity contribution in [3.05, 3.63) is 91.2 Å². The van der Waals surface area contributed by atoms with E-state index in [2.05, 4.69) is 9.69 Å². The molecule has 0 radical (unpaired) electrons. The van der Waals surface area contributed by atoms with Crippen molar-refractivity contribution < 1.29 is 57.8 Å². The molecule has 0 atom stereocenters. The lowest BCUT2D eigenvalue weighted by atomic mass is 9.82. The number of nitrogens with zero attached hydrogens (tertiary/aromatic N) is 4. The van der Waals surface area contributed by atoms with E-state index in [4.69, 9.17) is 51.8 Å². The van der Waals surface area contributed by atoms with E-state index in [1.807, 2.05) is 12.1 Å². The van der Waals surface area contributed by atoms with Gasteiger partial charge in [0.1, 0.15) is 34.5 Å². The van der Waals surface area contributed by atoms with Crippen LogP contribution in [0.25, 0.3) is 9.69 Å². The predicted molar refractivity (Wildman–Crippen MR) is 277 cm³/mol. The molecule has 74 heavy (non-hydrogen) atoms. The first-order valence-corrected chi connectivity index (χ1v) is 27.9. The second kappa shape index (κ2) is 28.0. The summed E-state index contributed by atoms with van der Waals surface area (Å²) in [6, 6.07) is 16.9. The highest BCUT2D eigenvalue weighted by molar-refractivity contribution is 8.25. The molecule has 0 aromatic heterocycles. The molecule has 16 nitrogen and oxygen atoms in total. The molecule has 0 amide bonds. The Balaban J connectivity index is 0.850. The number of unbranched alkanes of at least 4 members (excludes halogenated alkanes) is 6. The van der Waals surface area contributed by atoms with Crippen molar-refractivity contribution in [2.45, 2.75) is 122 Å². The number of carbonyl (C=O) groups is 4. The Morgan fingerprint density at radius 1 is 0.473 bits per heavy atom. The molecular weight excluding hydrogens is 1020 g/mol. The van der Waals surface area contributed by atoms with E-state index < -0.39 is 47.5 Å². The van der Waals surface area contributed by atoms with Crippen molar-refractivity contribution in [2.24, 2.45) is 23.7 Å². The van der Waals surface area contributed by atoms with Gasteiger partial charge >= 0.3 is 23.9 Å². The summed E-state index contributed by atoms with van der Waals surface area (Å²) < 4.78 is 36.3. The molecule has 4 aliphatic rings. The highest BCUT2D eigenvalue weighted by Gasteiger charge is 2.37. The van der Waals surface area contributed by atoms with Crippen LogP contribution in [-0.4, -0.2) is 60.5 Å². The molecule has 2 saturated carbocycles. The van der Waals surface area contributed by atoms with Crippen molar-refractivity contribution in [3.8, 4) is 46.6 Å². The summed E-state index contributed by atoms with van der Waals surface area (Å²) in [5, 5.41) is 37.2. The third-order valence-electron chi connectivity index (χ3n) is 12.8. The topological polar surface area (TPSA) is 220 Å². The summed E-state index contributed by atoms with van der Waals surface area (Å²) >= 11 is 4.88. The average molecular weight is 1080 g/mol. The molecule has 2 aliphatic heterocycles. The summed E-state index contributed by atoms with van der Waals surface area (Å²) in [6.07, 6.45) is 9.91. The van der Waals surface area contributed by atoms with Crippen LogP contribution in [0.15, 0.2) is 88.0 Å². The maximum absolute atomic E-state index is 13.5. The number of benzene rings is 3. The molecule has 0 unspecified atom stereocenters. The number of thioether (sulfide) groups is 4. The summed E-state index contributed by atoms with van der Waals surface area (Å²) in [7, 11) is 0. The van der Waals surface area contributed by atoms with Crippen LogP contribution >= 0.6 is 47.0 Å². The molecule has 2 heterocycles. The fourth-order valence-electron chi connectivity index (χ4n) is 8.65. The SMILES string of the molecule is [C-]#[N+]/C(C#N)=C1/Sc2c(OCCCCCCO)ccc(OC(=O)C3CCC(C(=O)Oc4ccc(OC(=O)C5CCC(C(=O)Oc6ccc(OCCCCCCO)c7c6S/C(=C(\C#N)[N+]#[C-])S7)CC5)cc4)CC3)c2S1. The van der Waals surface area contributed by atoms with Crippen LogP contribution in [0.4, 0.5) is 0 Å². The van der Waals surface area contributed by atoms with E-state index in [0.29, 0.717) is 116 Å². The van der Waals surface area contributed by atoms with Crippen LogP contribution in [0.5, 0.6) is 34.5 Å². The minimum atomic E-state index is -0.453. The smallest absolute Gasteiger partial charge is 0.314 e. The number of allylic oxidation sites excluding steroid dienone is 2. The highest BCUT2D eigenvalue weighted by atomic mass is 32.2. The Morgan fingerprint density at radius 3 is 1.08 bits per heavy atom. The van der Waals surface area contributed by atoms with Crippen molar-refractivity contribution in [1.29, 1.82) is 10.5 Å². The number of ether oxygens (including phenoxy) is 6. The lowest BCUT2D eigenvalue weighted by Gasteiger charge is -2.26. The number of carbonyl (C=O) groups excluding carboxylic acids is 4. The van der Waals surface area contributed by atoms with Gasteiger partial charge in [0.25, 0.3) is 11.4 Å². The first-order valence-electron chi connectivity index (χ1n) is 24.6. The fourth-order valence-corrected chi connectivity index (χ4v) is 13.6. The van der Waals surface area contributed by atoms with Gasteiger partial charge in [-0.3, -0.25) is 19.2 Å². The van der Waals surface area contributed by atoms with E-state index in [1.165, 1.54) is 47.0 Å². The van der Waals surface area contributed by atoms with Gasteiger partial charge in [-0.25, -0.2) is 20.2 Å². The summed E-state index contributed by atoms with van der Waals surface area (Å²) in [6.45, 7) is 16.1. The molecule has 20 heteroatoms.